The summed E-state index contributed by atoms with van der Waals surface area (Å²) >= 11 is 11.0. The van der Waals surface area contributed by atoms with E-state index in [4.69, 9.17) is 32.9 Å². The zero-order valence-electron chi connectivity index (χ0n) is 6.94. The second-order valence-electron chi connectivity index (χ2n) is 2.54. The van der Waals surface area contributed by atoms with E-state index in [9.17, 15) is 13.2 Å². The van der Waals surface area contributed by atoms with Crippen LogP contribution in [0.2, 0.25) is 10.0 Å². The Morgan fingerprint density at radius 3 is 1.94 bits per heavy atom. The fraction of sp³-hybridized carbons (Fsp3) is 0. The second kappa shape index (κ2) is 7.69. The molecule has 17 heavy (non-hydrogen) atoms. The topological polar surface area (TPSA) is 91.7 Å². The van der Waals surface area contributed by atoms with Gasteiger partial charge >= 0.3 is 65.1 Å². The van der Waals surface area contributed by atoms with Gasteiger partial charge in [-0.1, -0.05) is 23.2 Å². The van der Waals surface area contributed by atoms with Gasteiger partial charge in [-0.3, -0.25) is 4.55 Å². The average Bonchev–Trinajstić information content (AvgIpc) is 2.06. The van der Waals surface area contributed by atoms with Crippen molar-refractivity contribution in [2.75, 3.05) is 0 Å². The first-order valence-electron chi connectivity index (χ1n) is 3.43. The van der Waals surface area contributed by atoms with E-state index in [1.807, 2.05) is 0 Å². The van der Waals surface area contributed by atoms with E-state index in [1.54, 1.807) is 0 Å². The quantitative estimate of drug-likeness (QED) is 0.617. The van der Waals surface area contributed by atoms with E-state index in [0.717, 1.165) is 12.1 Å². The number of hydrogen-bond donors (Lipinski definition) is 2. The van der Waals surface area contributed by atoms with E-state index in [0.29, 0.717) is 0 Å². The van der Waals surface area contributed by atoms with Gasteiger partial charge in [0.1, 0.15) is 4.90 Å². The molecule has 1 aromatic rings. The predicted octanol–water partition coefficient (Wildman–Crippen LogP) is 0.641. The summed E-state index contributed by atoms with van der Waals surface area (Å²) in [5.74, 6) is -1.34. The molecule has 0 saturated carbocycles. The van der Waals surface area contributed by atoms with Gasteiger partial charge in [-0.15, -0.1) is 0 Å². The summed E-state index contributed by atoms with van der Waals surface area (Å²) in [6.45, 7) is 0. The van der Waals surface area contributed by atoms with Gasteiger partial charge < -0.3 is 5.11 Å². The van der Waals surface area contributed by atoms with Crippen molar-refractivity contribution in [1.82, 2.24) is 0 Å². The third-order valence-electron chi connectivity index (χ3n) is 1.53. The Hall–Kier alpha value is 1.18. The SMILES string of the molecule is O=C(O)c1cc(Cl)c(S(=O)(=O)O)cc1Cl.[NaH].[NaH]. The van der Waals surface area contributed by atoms with Crippen molar-refractivity contribution in [2.45, 2.75) is 4.90 Å². The van der Waals surface area contributed by atoms with Crippen LogP contribution < -0.4 is 0 Å². The molecule has 0 unspecified atom stereocenters. The zero-order chi connectivity index (χ0) is 11.8. The molecule has 86 valence electrons. The van der Waals surface area contributed by atoms with Gasteiger partial charge in [0.2, 0.25) is 0 Å². The number of carbonyl (C=O) groups is 1. The van der Waals surface area contributed by atoms with Crippen LogP contribution in [0.25, 0.3) is 0 Å². The number of aromatic carboxylic acids is 1. The number of halogens is 2. The summed E-state index contributed by atoms with van der Waals surface area (Å²) in [6.07, 6.45) is 0. The van der Waals surface area contributed by atoms with E-state index in [-0.39, 0.29) is 69.7 Å². The van der Waals surface area contributed by atoms with Gasteiger partial charge in [0.25, 0.3) is 10.1 Å². The Morgan fingerprint density at radius 1 is 1.12 bits per heavy atom. The molecular weight excluding hydrogens is 313 g/mol. The number of carboxylic acid groups (broad SMARTS) is 1. The van der Waals surface area contributed by atoms with Gasteiger partial charge in [0.05, 0.1) is 15.6 Å². The Balaban J connectivity index is 0. The zero-order valence-corrected chi connectivity index (χ0v) is 9.27. The molecule has 0 heterocycles. The average molecular weight is 319 g/mol. The monoisotopic (exact) mass is 318 g/mol. The van der Waals surface area contributed by atoms with Crippen molar-refractivity contribution < 1.29 is 22.9 Å². The molecule has 0 aliphatic rings. The maximum absolute atomic E-state index is 10.8. The van der Waals surface area contributed by atoms with Gasteiger partial charge in [0.15, 0.2) is 0 Å². The fourth-order valence-electron chi connectivity index (χ4n) is 0.890. The molecule has 0 saturated heterocycles. The number of benzene rings is 1. The predicted molar refractivity (Wildman–Crippen MR) is 67.5 cm³/mol. The van der Waals surface area contributed by atoms with Crippen molar-refractivity contribution in [3.63, 3.8) is 0 Å². The number of hydrogen-bond acceptors (Lipinski definition) is 3. The maximum atomic E-state index is 10.8. The molecule has 0 aromatic heterocycles. The molecular formula is C7H6Cl2Na2O5S. The molecule has 2 N–H and O–H groups in total. The Kier molecular flexibility index (Phi) is 9.27. The molecule has 0 bridgehead atoms. The standard InChI is InChI=1S/C7H4Cl2O5S.2Na.2H/c8-4-2-6(15(12,13)14)5(9)1-3(4)7(10)11;;;;/h1-2H,(H,10,11)(H,12,13,14);;;;. The molecule has 0 amide bonds. The minimum atomic E-state index is -4.51. The molecule has 0 atom stereocenters. The van der Waals surface area contributed by atoms with Crippen LogP contribution in [0.3, 0.4) is 0 Å². The Morgan fingerprint density at radius 2 is 1.59 bits per heavy atom. The van der Waals surface area contributed by atoms with Crippen LogP contribution in [0.1, 0.15) is 10.4 Å². The van der Waals surface area contributed by atoms with E-state index in [2.05, 4.69) is 0 Å². The Bertz CT molecular complexity index is 531. The van der Waals surface area contributed by atoms with Crippen LogP contribution in [0, 0.1) is 0 Å². The first-order valence-corrected chi connectivity index (χ1v) is 5.63. The van der Waals surface area contributed by atoms with Crippen LogP contribution in [-0.4, -0.2) is 83.2 Å². The van der Waals surface area contributed by atoms with Crippen LogP contribution in [0.4, 0.5) is 0 Å². The van der Waals surface area contributed by atoms with Crippen LogP contribution in [0.5, 0.6) is 0 Å². The molecule has 0 aliphatic carbocycles. The van der Waals surface area contributed by atoms with Crippen LogP contribution in [-0.2, 0) is 10.1 Å². The molecule has 0 aliphatic heterocycles. The second-order valence-corrected chi connectivity index (χ2v) is 4.75. The summed E-state index contributed by atoms with van der Waals surface area (Å²) < 4.78 is 30.2. The van der Waals surface area contributed by atoms with Gasteiger partial charge in [-0.2, -0.15) is 8.42 Å². The van der Waals surface area contributed by atoms with Crippen molar-refractivity contribution >= 4 is 98.4 Å². The molecule has 1 aromatic carbocycles. The normalized spacial score (nSPS) is 10.1. The summed E-state index contributed by atoms with van der Waals surface area (Å²) in [7, 11) is -4.51. The van der Waals surface area contributed by atoms with Gasteiger partial charge in [0, 0.05) is 0 Å². The first kappa shape index (κ1) is 20.5. The summed E-state index contributed by atoms with van der Waals surface area (Å²) in [4.78, 5) is 9.95. The molecule has 10 heteroatoms. The minimum absolute atomic E-state index is 0. The van der Waals surface area contributed by atoms with E-state index in [1.165, 1.54) is 0 Å². The summed E-state index contributed by atoms with van der Waals surface area (Å²) in [5.41, 5.74) is -0.339. The van der Waals surface area contributed by atoms with Gasteiger partial charge in [-0.25, -0.2) is 4.79 Å². The molecule has 0 fully saturated rings. The molecule has 0 radical (unpaired) electrons. The van der Waals surface area contributed by atoms with Crippen LogP contribution in [0.15, 0.2) is 17.0 Å². The van der Waals surface area contributed by atoms with Crippen molar-refractivity contribution in [3.8, 4) is 0 Å². The van der Waals surface area contributed by atoms with E-state index >= 15 is 0 Å². The first-order chi connectivity index (χ1) is 6.73. The number of carboxylic acids is 1. The summed E-state index contributed by atoms with van der Waals surface area (Å²) in [6, 6.07) is 1.64. The third-order valence-corrected chi connectivity index (χ3v) is 3.16. The number of rotatable bonds is 2. The van der Waals surface area contributed by atoms with Crippen molar-refractivity contribution in [2.24, 2.45) is 0 Å². The van der Waals surface area contributed by atoms with Crippen molar-refractivity contribution in [1.29, 1.82) is 0 Å². The van der Waals surface area contributed by atoms with Crippen LogP contribution >= 0.6 is 23.2 Å². The molecule has 1 rings (SSSR count). The fourth-order valence-corrected chi connectivity index (χ4v) is 2.23. The van der Waals surface area contributed by atoms with Crippen molar-refractivity contribution in [3.05, 3.63) is 27.7 Å². The molecule has 5 nitrogen and oxygen atoms in total. The third kappa shape index (κ3) is 5.36. The molecule has 0 spiro atoms. The van der Waals surface area contributed by atoms with E-state index < -0.39 is 26.0 Å². The van der Waals surface area contributed by atoms with Gasteiger partial charge in [-0.05, 0) is 12.1 Å². The summed E-state index contributed by atoms with van der Waals surface area (Å²) in [5, 5.41) is 7.91. The Labute approximate surface area is 152 Å².